The second-order valence-electron chi connectivity index (χ2n) is 18.6. The van der Waals surface area contributed by atoms with E-state index in [-0.39, 0.29) is 34.7 Å². The van der Waals surface area contributed by atoms with Crippen molar-refractivity contribution in [3.8, 4) is 0 Å². The van der Waals surface area contributed by atoms with Crippen LogP contribution in [0, 0.1) is 28.6 Å². The third-order valence-electron chi connectivity index (χ3n) is 15.1. The lowest BCUT2D eigenvalue weighted by Gasteiger charge is -2.64. The monoisotopic (exact) mass is 679 g/mol. The van der Waals surface area contributed by atoms with Crippen LogP contribution in [0.2, 0.25) is 0 Å². The molecule has 0 radical (unpaired) electrons. The highest BCUT2D eigenvalue weighted by molar-refractivity contribution is 5.97. The molecule has 0 spiro atoms. The Kier molecular flexibility index (Phi) is 7.23. The first-order valence-electron chi connectivity index (χ1n) is 18.9. The molecule has 2 N–H and O–H groups in total. The Morgan fingerprint density at radius 3 is 2.44 bits per heavy atom. The third-order valence-corrected chi connectivity index (χ3v) is 15.1. The second kappa shape index (κ2) is 10.6. The minimum absolute atomic E-state index is 0.0680. The largest absolute Gasteiger partial charge is 0.466 e. The molecule has 8 rings (SSSR count). The third kappa shape index (κ3) is 4.16. The number of hydrogen-bond donors (Lipinski definition) is 2. The van der Waals surface area contributed by atoms with Gasteiger partial charge in [-0.15, -0.1) is 0 Å². The van der Waals surface area contributed by atoms with E-state index in [9.17, 15) is 15.0 Å². The summed E-state index contributed by atoms with van der Waals surface area (Å²) in [6.07, 6.45) is 13.0. The zero-order valence-corrected chi connectivity index (χ0v) is 31.9. The van der Waals surface area contributed by atoms with Crippen LogP contribution >= 0.6 is 0 Å². The van der Waals surface area contributed by atoms with E-state index in [0.29, 0.717) is 11.5 Å². The van der Waals surface area contributed by atoms with Crippen LogP contribution in [0.15, 0.2) is 48.1 Å². The Bertz CT molecular complexity index is 1960. The average Bonchev–Trinajstić information content (AvgIpc) is 3.73. The number of carbonyl (C=O) groups excluding carboxylic acids is 1. The van der Waals surface area contributed by atoms with Crippen molar-refractivity contribution in [1.82, 2.24) is 4.57 Å². The molecule has 2 aliphatic heterocycles. The summed E-state index contributed by atoms with van der Waals surface area (Å²) in [4.78, 5) is 12.1. The Balaban J connectivity index is 1.32. The molecule has 0 amide bonds. The van der Waals surface area contributed by atoms with E-state index in [1.165, 1.54) is 46.0 Å². The van der Waals surface area contributed by atoms with Crippen LogP contribution < -0.4 is 0 Å². The SMILES string of the molecule is C=C(C)[C@H]1Cc2c3c(cc4c5c(n1c24)[C@@]1(C)[C@@H](CC[C@H]2[C@](C)(/C=C/C=C(\C)C(=O)OC)[C@@H](O)CC[C@@]21C)C5)C1=CC(C)(C)OC(C)(C)[C@H]1[C@@H]3O. The van der Waals surface area contributed by atoms with Crippen molar-refractivity contribution in [2.45, 2.75) is 136 Å². The molecule has 268 valence electrons. The van der Waals surface area contributed by atoms with E-state index in [4.69, 9.17) is 9.47 Å². The fourth-order valence-corrected chi connectivity index (χ4v) is 12.8. The average molecular weight is 680 g/mol. The van der Waals surface area contributed by atoms with Crippen LogP contribution in [-0.2, 0) is 32.5 Å². The van der Waals surface area contributed by atoms with Gasteiger partial charge < -0.3 is 24.3 Å². The van der Waals surface area contributed by atoms with Crippen molar-refractivity contribution < 1.29 is 24.5 Å². The van der Waals surface area contributed by atoms with Gasteiger partial charge in [0.05, 0.1) is 42.1 Å². The Labute approximate surface area is 298 Å². The van der Waals surface area contributed by atoms with Crippen LogP contribution in [0.1, 0.15) is 128 Å². The van der Waals surface area contributed by atoms with Crippen LogP contribution in [0.25, 0.3) is 16.5 Å². The highest BCUT2D eigenvalue weighted by Crippen LogP contribution is 2.71. The highest BCUT2D eigenvalue weighted by atomic mass is 16.5. The maximum absolute atomic E-state index is 12.2. The van der Waals surface area contributed by atoms with Gasteiger partial charge >= 0.3 is 5.97 Å². The first kappa shape index (κ1) is 34.2. The Morgan fingerprint density at radius 1 is 1.04 bits per heavy atom. The number of ether oxygens (including phenoxy) is 2. The fraction of sp³-hybridized carbons (Fsp3) is 0.614. The normalized spacial score (nSPS) is 39.1. The molecule has 0 unspecified atom stereocenters. The number of methoxy groups -OCH3 is 1. The first-order valence-corrected chi connectivity index (χ1v) is 18.9. The van der Waals surface area contributed by atoms with E-state index >= 15 is 0 Å². The number of benzene rings is 1. The van der Waals surface area contributed by atoms with Gasteiger partial charge in [0, 0.05) is 33.4 Å². The van der Waals surface area contributed by atoms with Gasteiger partial charge in [0.25, 0.3) is 0 Å². The van der Waals surface area contributed by atoms with E-state index in [1.807, 2.05) is 12.2 Å². The number of rotatable bonds is 4. The van der Waals surface area contributed by atoms with Crippen molar-refractivity contribution >= 4 is 22.4 Å². The van der Waals surface area contributed by atoms with Crippen LogP contribution in [0.3, 0.4) is 0 Å². The summed E-state index contributed by atoms with van der Waals surface area (Å²) < 4.78 is 14.2. The van der Waals surface area contributed by atoms with E-state index < -0.39 is 28.8 Å². The number of carbonyl (C=O) groups is 1. The molecule has 2 aromatic rings. The van der Waals surface area contributed by atoms with E-state index in [0.717, 1.165) is 49.7 Å². The number of allylic oxidation sites excluding steroid dienone is 3. The lowest BCUT2D eigenvalue weighted by molar-refractivity contribution is -0.145. The smallest absolute Gasteiger partial charge is 0.333 e. The molecule has 6 aliphatic rings. The van der Waals surface area contributed by atoms with Gasteiger partial charge in [0.15, 0.2) is 0 Å². The van der Waals surface area contributed by atoms with Crippen molar-refractivity contribution in [3.05, 3.63) is 76.0 Å². The van der Waals surface area contributed by atoms with Gasteiger partial charge in [-0.1, -0.05) is 51.2 Å². The molecule has 2 saturated carbocycles. The molecular formula is C44H57NO5. The van der Waals surface area contributed by atoms with Gasteiger partial charge in [-0.2, -0.15) is 0 Å². The molecule has 0 saturated heterocycles. The molecule has 50 heavy (non-hydrogen) atoms. The number of aliphatic hydroxyl groups excluding tert-OH is 2. The molecular weight excluding hydrogens is 622 g/mol. The zero-order chi connectivity index (χ0) is 36.1. The predicted molar refractivity (Wildman–Crippen MR) is 199 cm³/mol. The Hall–Kier alpha value is -2.93. The van der Waals surface area contributed by atoms with Crippen molar-refractivity contribution in [3.63, 3.8) is 0 Å². The minimum atomic E-state index is -0.618. The van der Waals surface area contributed by atoms with Gasteiger partial charge in [-0.3, -0.25) is 0 Å². The summed E-state index contributed by atoms with van der Waals surface area (Å²) in [6, 6.07) is 2.59. The van der Waals surface area contributed by atoms with Gasteiger partial charge in [-0.25, -0.2) is 4.79 Å². The minimum Gasteiger partial charge on any atom is -0.466 e. The fourth-order valence-electron chi connectivity index (χ4n) is 12.8. The summed E-state index contributed by atoms with van der Waals surface area (Å²) >= 11 is 0. The highest BCUT2D eigenvalue weighted by Gasteiger charge is 2.67. The molecule has 6 nitrogen and oxygen atoms in total. The molecule has 1 aromatic carbocycles. The van der Waals surface area contributed by atoms with E-state index in [1.54, 1.807) is 6.92 Å². The first-order chi connectivity index (χ1) is 23.3. The summed E-state index contributed by atoms with van der Waals surface area (Å²) in [5.41, 5.74) is 9.31. The standard InChI is InChI=1S/C44H57NO5/c1-23(2)31-21-29-34-26(30-22-40(4,5)50-41(6,7)35(30)37(34)47)20-27-28-19-25-14-15-32-42(8,17-12-13-24(3)39(48)49-11)33(46)16-18-43(32,9)44(25,10)38(28)45(31)36(27)29/h12-13,17,20,22,25,31-33,35,37,46-47H,1,14-16,18-19,21H2,2-11H3/b17-12+,24-13+/t25-,31+,32-,33-,35+,37+,42-,43-,44+/m0/s1. The molecule has 3 heterocycles. The molecule has 2 fully saturated rings. The summed E-state index contributed by atoms with van der Waals surface area (Å²) in [5, 5.41) is 25.3. The van der Waals surface area contributed by atoms with Crippen LogP contribution in [0.5, 0.6) is 0 Å². The van der Waals surface area contributed by atoms with Crippen LogP contribution in [0.4, 0.5) is 0 Å². The lowest BCUT2D eigenvalue weighted by atomic mass is 9.40. The maximum Gasteiger partial charge on any atom is 0.333 e. The number of aliphatic hydroxyl groups is 2. The number of hydrogen-bond acceptors (Lipinski definition) is 5. The van der Waals surface area contributed by atoms with E-state index in [2.05, 4.69) is 84.8 Å². The lowest BCUT2D eigenvalue weighted by Crippen LogP contribution is -2.62. The summed E-state index contributed by atoms with van der Waals surface area (Å²) in [5.74, 6) is 0.325. The molecule has 4 aliphatic carbocycles. The molecule has 9 atom stereocenters. The maximum atomic E-state index is 12.2. The van der Waals surface area contributed by atoms with Crippen LogP contribution in [-0.4, -0.2) is 45.2 Å². The number of esters is 1. The van der Waals surface area contributed by atoms with Gasteiger partial charge in [0.2, 0.25) is 0 Å². The number of aromatic nitrogens is 1. The van der Waals surface area contributed by atoms with Gasteiger partial charge in [0.1, 0.15) is 0 Å². The van der Waals surface area contributed by atoms with Crippen molar-refractivity contribution in [2.75, 3.05) is 7.11 Å². The molecule has 0 bridgehead atoms. The second-order valence-corrected chi connectivity index (χ2v) is 18.6. The molecule has 1 aromatic heterocycles. The number of nitrogens with zero attached hydrogens (tertiary/aromatic N) is 1. The topological polar surface area (TPSA) is 80.9 Å². The van der Waals surface area contributed by atoms with Crippen molar-refractivity contribution in [1.29, 1.82) is 0 Å². The van der Waals surface area contributed by atoms with Crippen molar-refractivity contribution in [2.24, 2.45) is 28.6 Å². The predicted octanol–water partition coefficient (Wildman–Crippen LogP) is 8.63. The Morgan fingerprint density at radius 2 is 1.76 bits per heavy atom. The number of fused-ring (bicyclic) bond motifs is 11. The van der Waals surface area contributed by atoms with Gasteiger partial charge in [-0.05, 0) is 137 Å². The molecule has 6 heteroatoms. The zero-order valence-electron chi connectivity index (χ0n) is 31.9. The summed E-state index contributed by atoms with van der Waals surface area (Å²) in [7, 11) is 1.41. The summed E-state index contributed by atoms with van der Waals surface area (Å²) in [6.45, 7) is 24.4. The quantitative estimate of drug-likeness (QED) is 0.146.